The number of hydrogen-bond acceptors (Lipinski definition) is 3. The molecule has 0 saturated heterocycles. The van der Waals surface area contributed by atoms with Crippen LogP contribution in [0.2, 0.25) is 0 Å². The minimum atomic E-state index is -0.796. The molecule has 0 aliphatic carbocycles. The van der Waals surface area contributed by atoms with Crippen molar-refractivity contribution in [3.63, 3.8) is 0 Å². The number of carboxylic acid groups (broad SMARTS) is 1. The number of carboxylic acids is 1. The first-order chi connectivity index (χ1) is 8.06. The van der Waals surface area contributed by atoms with E-state index >= 15 is 0 Å². The summed E-state index contributed by atoms with van der Waals surface area (Å²) in [7, 11) is 0. The predicted molar refractivity (Wildman–Crippen MR) is 65.8 cm³/mol. The largest absolute Gasteiger partial charge is 0.480 e. The monoisotopic (exact) mass is 239 g/mol. The molecule has 1 atom stereocenters. The molecule has 96 valence electrons. The van der Waals surface area contributed by atoms with E-state index in [0.717, 1.165) is 12.2 Å². The van der Waals surface area contributed by atoms with Crippen LogP contribution >= 0.6 is 0 Å². The van der Waals surface area contributed by atoms with Crippen molar-refractivity contribution < 1.29 is 9.90 Å². The van der Waals surface area contributed by atoms with Crippen LogP contribution in [0.3, 0.4) is 0 Å². The van der Waals surface area contributed by atoms with Crippen LogP contribution in [0.1, 0.15) is 45.5 Å². The molecule has 0 amide bonds. The Morgan fingerprint density at radius 3 is 2.82 bits per heavy atom. The summed E-state index contributed by atoms with van der Waals surface area (Å²) in [5, 5.41) is 12.5. The van der Waals surface area contributed by atoms with Crippen molar-refractivity contribution in [1.29, 1.82) is 0 Å². The highest BCUT2D eigenvalue weighted by molar-refractivity contribution is 5.71. The van der Waals surface area contributed by atoms with Crippen LogP contribution in [0.15, 0.2) is 12.4 Å². The average Bonchev–Trinajstić information content (AvgIpc) is 2.70. The van der Waals surface area contributed by atoms with Gasteiger partial charge < -0.3 is 15.0 Å². The molecule has 2 N–H and O–H groups in total. The Hall–Kier alpha value is -1.36. The lowest BCUT2D eigenvalue weighted by Crippen LogP contribution is -2.27. The normalized spacial score (nSPS) is 12.9. The number of nitrogens with zero attached hydrogens (tertiary/aromatic N) is 2. The van der Waals surface area contributed by atoms with Gasteiger partial charge in [0.15, 0.2) is 0 Å². The maximum absolute atomic E-state index is 11.2. The summed E-state index contributed by atoms with van der Waals surface area (Å²) in [5.41, 5.74) is 0. The summed E-state index contributed by atoms with van der Waals surface area (Å²) in [4.78, 5) is 15.4. The summed E-state index contributed by atoms with van der Waals surface area (Å²) in [6, 6.07) is -0.152. The van der Waals surface area contributed by atoms with Crippen LogP contribution in [0.5, 0.6) is 0 Å². The van der Waals surface area contributed by atoms with E-state index in [1.165, 1.54) is 0 Å². The number of imidazole rings is 1. The highest BCUT2D eigenvalue weighted by Gasteiger charge is 2.20. The van der Waals surface area contributed by atoms with Crippen molar-refractivity contribution in [2.45, 2.75) is 52.2 Å². The van der Waals surface area contributed by atoms with Gasteiger partial charge in [0.05, 0.1) is 6.54 Å². The summed E-state index contributed by atoms with van der Waals surface area (Å²) in [5.74, 6) is -0.0183. The number of rotatable bonds is 7. The molecular weight excluding hydrogens is 218 g/mol. The van der Waals surface area contributed by atoms with Crippen molar-refractivity contribution >= 4 is 5.97 Å². The smallest absolute Gasteiger partial charge is 0.326 e. The molecule has 5 heteroatoms. The van der Waals surface area contributed by atoms with Crippen LogP contribution < -0.4 is 5.32 Å². The summed E-state index contributed by atoms with van der Waals surface area (Å²) in [6.07, 6.45) is 4.86. The zero-order chi connectivity index (χ0) is 12.8. The molecule has 17 heavy (non-hydrogen) atoms. The van der Waals surface area contributed by atoms with E-state index in [1.807, 2.05) is 20.8 Å². The number of carbonyl (C=O) groups is 1. The van der Waals surface area contributed by atoms with Gasteiger partial charge in [0.2, 0.25) is 0 Å². The minimum absolute atomic E-state index is 0.356. The maximum Gasteiger partial charge on any atom is 0.326 e. The first kappa shape index (κ1) is 13.7. The first-order valence-corrected chi connectivity index (χ1v) is 6.04. The van der Waals surface area contributed by atoms with E-state index in [-0.39, 0.29) is 0 Å². The molecule has 1 aromatic rings. The lowest BCUT2D eigenvalue weighted by molar-refractivity contribution is -0.141. The number of aliphatic carboxylic acids is 1. The fourth-order valence-corrected chi connectivity index (χ4v) is 1.71. The van der Waals surface area contributed by atoms with Crippen LogP contribution in [0, 0.1) is 0 Å². The number of aromatic nitrogens is 2. The topological polar surface area (TPSA) is 67.1 Å². The Kier molecular flexibility index (Phi) is 5.15. The molecule has 5 nitrogen and oxygen atoms in total. The second kappa shape index (κ2) is 6.39. The van der Waals surface area contributed by atoms with Gasteiger partial charge in [-0.05, 0) is 6.42 Å². The first-order valence-electron chi connectivity index (χ1n) is 6.04. The Labute approximate surface area is 102 Å². The van der Waals surface area contributed by atoms with E-state index < -0.39 is 12.0 Å². The third-order valence-electron chi connectivity index (χ3n) is 2.60. The lowest BCUT2D eigenvalue weighted by atomic mass is 10.1. The predicted octanol–water partition coefficient (Wildman–Crippen LogP) is 1.81. The lowest BCUT2D eigenvalue weighted by Gasteiger charge is -2.17. The van der Waals surface area contributed by atoms with Crippen LogP contribution in [0.25, 0.3) is 0 Å². The fraction of sp³-hybridized carbons (Fsp3) is 0.667. The van der Waals surface area contributed by atoms with Gasteiger partial charge in [-0.1, -0.05) is 27.2 Å². The van der Waals surface area contributed by atoms with E-state index in [0.29, 0.717) is 19.0 Å². The quantitative estimate of drug-likeness (QED) is 0.761. The van der Waals surface area contributed by atoms with E-state index in [1.54, 1.807) is 17.0 Å². The number of nitrogens with one attached hydrogen (secondary N) is 1. The van der Waals surface area contributed by atoms with Crippen LogP contribution in [-0.4, -0.2) is 26.7 Å². The van der Waals surface area contributed by atoms with Gasteiger partial charge >= 0.3 is 5.97 Å². The minimum Gasteiger partial charge on any atom is -0.480 e. The van der Waals surface area contributed by atoms with Crippen molar-refractivity contribution in [2.24, 2.45) is 0 Å². The van der Waals surface area contributed by atoms with Gasteiger partial charge in [-0.15, -0.1) is 0 Å². The van der Waals surface area contributed by atoms with Crippen LogP contribution in [0.4, 0.5) is 0 Å². The highest BCUT2D eigenvalue weighted by atomic mass is 16.4. The summed E-state index contributed by atoms with van der Waals surface area (Å²) in [6.45, 7) is 6.68. The van der Waals surface area contributed by atoms with Gasteiger partial charge in [-0.3, -0.25) is 0 Å². The molecule has 0 fully saturated rings. The van der Waals surface area contributed by atoms with Gasteiger partial charge in [-0.2, -0.15) is 0 Å². The fourth-order valence-electron chi connectivity index (χ4n) is 1.71. The summed E-state index contributed by atoms with van der Waals surface area (Å²) < 4.78 is 1.75. The van der Waals surface area contributed by atoms with Crippen molar-refractivity contribution in [2.75, 3.05) is 0 Å². The molecule has 1 heterocycles. The van der Waals surface area contributed by atoms with Crippen LogP contribution in [-0.2, 0) is 11.3 Å². The Bertz CT molecular complexity index is 360. The van der Waals surface area contributed by atoms with E-state index in [2.05, 4.69) is 10.3 Å². The summed E-state index contributed by atoms with van der Waals surface area (Å²) >= 11 is 0. The zero-order valence-corrected chi connectivity index (χ0v) is 10.7. The molecule has 0 aliphatic heterocycles. The van der Waals surface area contributed by atoms with E-state index in [4.69, 9.17) is 0 Å². The average molecular weight is 239 g/mol. The zero-order valence-electron chi connectivity index (χ0n) is 10.7. The standard InChI is InChI=1S/C12H21N3O2/c1-4-5-10(12(16)17)15-7-6-13-11(15)8-14-9(2)3/h6-7,9-10,14H,4-5,8H2,1-3H3,(H,16,17). The SMILES string of the molecule is CCCC(C(=O)O)n1ccnc1CNC(C)C. The second-order valence-electron chi connectivity index (χ2n) is 4.43. The van der Waals surface area contributed by atoms with Gasteiger partial charge in [-0.25, -0.2) is 9.78 Å². The molecule has 0 radical (unpaired) electrons. The van der Waals surface area contributed by atoms with Gasteiger partial charge in [0.25, 0.3) is 0 Å². The van der Waals surface area contributed by atoms with Crippen molar-refractivity contribution in [3.8, 4) is 0 Å². The molecule has 0 spiro atoms. The molecule has 0 aromatic carbocycles. The number of hydrogen-bond donors (Lipinski definition) is 2. The van der Waals surface area contributed by atoms with Crippen molar-refractivity contribution in [1.82, 2.24) is 14.9 Å². The molecule has 0 aliphatic rings. The molecular formula is C12H21N3O2. The van der Waals surface area contributed by atoms with Gasteiger partial charge in [0, 0.05) is 18.4 Å². The molecule has 0 saturated carbocycles. The Morgan fingerprint density at radius 1 is 1.59 bits per heavy atom. The van der Waals surface area contributed by atoms with E-state index in [9.17, 15) is 9.90 Å². The molecule has 1 rings (SSSR count). The molecule has 0 bridgehead atoms. The third kappa shape index (κ3) is 3.85. The Morgan fingerprint density at radius 2 is 2.29 bits per heavy atom. The highest BCUT2D eigenvalue weighted by Crippen LogP contribution is 2.16. The van der Waals surface area contributed by atoms with Gasteiger partial charge in [0.1, 0.15) is 11.9 Å². The Balaban J connectivity index is 2.80. The third-order valence-corrected chi connectivity index (χ3v) is 2.60. The van der Waals surface area contributed by atoms with Crippen molar-refractivity contribution in [3.05, 3.63) is 18.2 Å². The molecule has 1 aromatic heterocycles. The maximum atomic E-state index is 11.2. The molecule has 1 unspecified atom stereocenters. The second-order valence-corrected chi connectivity index (χ2v) is 4.43.